The lowest BCUT2D eigenvalue weighted by Gasteiger charge is -2.16. The molecule has 3 aromatic rings. The van der Waals surface area contributed by atoms with Crippen LogP contribution in [0.3, 0.4) is 0 Å². The molecule has 0 bridgehead atoms. The first-order valence-electron chi connectivity index (χ1n) is 9.32. The first kappa shape index (κ1) is 18.8. The number of nitrogens with zero attached hydrogens (tertiary/aromatic N) is 4. The quantitative estimate of drug-likeness (QED) is 0.695. The molecule has 1 aliphatic rings. The monoisotopic (exact) mass is 393 g/mol. The Hall–Kier alpha value is -3.55. The Morgan fingerprint density at radius 2 is 2.00 bits per heavy atom. The summed E-state index contributed by atoms with van der Waals surface area (Å²) in [4.78, 5) is 30.5. The predicted octanol–water partition coefficient (Wildman–Crippen LogP) is 2.07. The molecule has 2 amide bonds. The van der Waals surface area contributed by atoms with E-state index in [1.54, 1.807) is 46.5 Å². The highest BCUT2D eigenvalue weighted by molar-refractivity contribution is 5.89. The minimum atomic E-state index is -0.369. The first-order valence-corrected chi connectivity index (χ1v) is 9.32. The van der Waals surface area contributed by atoms with E-state index in [1.165, 1.54) is 12.1 Å². The van der Waals surface area contributed by atoms with Gasteiger partial charge in [0.2, 0.25) is 11.8 Å². The number of hydrogen-bond acceptors (Lipinski definition) is 4. The molecular formula is C21H20FN5O2. The Morgan fingerprint density at radius 3 is 2.76 bits per heavy atom. The summed E-state index contributed by atoms with van der Waals surface area (Å²) in [6.07, 6.45) is 7.05. The standard InChI is InChI=1S/C21H20FN5O2/c22-18-3-5-19(6-4-18)27-13-16(11-25-27)10-24-21(29)17-8-20(28)26(14-17)12-15-2-1-7-23-9-15/h1-7,9,11,13,17H,8,10,12,14H2,(H,24,29). The minimum absolute atomic E-state index is 0.0295. The van der Waals surface area contributed by atoms with Crippen LogP contribution in [0.15, 0.2) is 61.2 Å². The van der Waals surface area contributed by atoms with Crippen molar-refractivity contribution in [2.24, 2.45) is 5.92 Å². The molecule has 1 saturated heterocycles. The van der Waals surface area contributed by atoms with Crippen LogP contribution in [-0.2, 0) is 22.7 Å². The molecule has 148 valence electrons. The van der Waals surface area contributed by atoms with Crippen LogP contribution in [0.25, 0.3) is 5.69 Å². The molecule has 2 aromatic heterocycles. The molecule has 1 N–H and O–H groups in total. The highest BCUT2D eigenvalue weighted by Crippen LogP contribution is 2.20. The van der Waals surface area contributed by atoms with E-state index >= 15 is 0 Å². The van der Waals surface area contributed by atoms with E-state index in [1.807, 2.05) is 12.1 Å². The number of halogens is 1. The lowest BCUT2D eigenvalue weighted by molar-refractivity contribution is -0.129. The Bertz CT molecular complexity index is 1000. The van der Waals surface area contributed by atoms with Crippen LogP contribution in [-0.4, -0.2) is 38.0 Å². The van der Waals surface area contributed by atoms with Crippen molar-refractivity contribution in [3.63, 3.8) is 0 Å². The van der Waals surface area contributed by atoms with Crippen molar-refractivity contribution >= 4 is 11.8 Å². The summed E-state index contributed by atoms with van der Waals surface area (Å²) >= 11 is 0. The van der Waals surface area contributed by atoms with Gasteiger partial charge in [0, 0.05) is 50.2 Å². The summed E-state index contributed by atoms with van der Waals surface area (Å²) in [5, 5.41) is 7.11. The number of likely N-dealkylation sites (tertiary alicyclic amines) is 1. The minimum Gasteiger partial charge on any atom is -0.352 e. The van der Waals surface area contributed by atoms with E-state index in [4.69, 9.17) is 0 Å². The molecule has 1 fully saturated rings. The molecule has 1 unspecified atom stereocenters. The van der Waals surface area contributed by atoms with Crippen molar-refractivity contribution in [2.45, 2.75) is 19.5 Å². The van der Waals surface area contributed by atoms with E-state index in [-0.39, 0.29) is 30.0 Å². The summed E-state index contributed by atoms with van der Waals surface area (Å²) in [6.45, 7) is 1.17. The second-order valence-corrected chi connectivity index (χ2v) is 7.02. The van der Waals surface area contributed by atoms with E-state index in [9.17, 15) is 14.0 Å². The van der Waals surface area contributed by atoms with Crippen LogP contribution < -0.4 is 5.32 Å². The third-order valence-electron chi connectivity index (χ3n) is 4.88. The largest absolute Gasteiger partial charge is 0.352 e. The van der Waals surface area contributed by atoms with Crippen LogP contribution in [0.4, 0.5) is 4.39 Å². The first-order chi connectivity index (χ1) is 14.1. The van der Waals surface area contributed by atoms with Gasteiger partial charge in [0.25, 0.3) is 0 Å². The average molecular weight is 393 g/mol. The van der Waals surface area contributed by atoms with E-state index in [0.29, 0.717) is 19.6 Å². The highest BCUT2D eigenvalue weighted by Gasteiger charge is 2.34. The van der Waals surface area contributed by atoms with Crippen molar-refractivity contribution in [1.82, 2.24) is 25.0 Å². The van der Waals surface area contributed by atoms with Crippen LogP contribution in [0.2, 0.25) is 0 Å². The van der Waals surface area contributed by atoms with Gasteiger partial charge in [0.05, 0.1) is 17.8 Å². The van der Waals surface area contributed by atoms with Crippen LogP contribution in [0, 0.1) is 11.7 Å². The molecule has 0 spiro atoms. The maximum Gasteiger partial charge on any atom is 0.225 e. The highest BCUT2D eigenvalue weighted by atomic mass is 19.1. The SMILES string of the molecule is O=C(NCc1cnn(-c2ccc(F)cc2)c1)C1CC(=O)N(Cc2cccnc2)C1. The fourth-order valence-corrected chi connectivity index (χ4v) is 3.33. The van der Waals surface area contributed by atoms with E-state index in [2.05, 4.69) is 15.4 Å². The molecule has 4 rings (SSSR count). The van der Waals surface area contributed by atoms with E-state index < -0.39 is 0 Å². The van der Waals surface area contributed by atoms with Crippen LogP contribution >= 0.6 is 0 Å². The number of aromatic nitrogens is 3. The van der Waals surface area contributed by atoms with Gasteiger partial charge in [-0.3, -0.25) is 14.6 Å². The van der Waals surface area contributed by atoms with Gasteiger partial charge in [-0.25, -0.2) is 9.07 Å². The summed E-state index contributed by atoms with van der Waals surface area (Å²) in [5.41, 5.74) is 2.49. The predicted molar refractivity (Wildman–Crippen MR) is 103 cm³/mol. The Labute approximate surface area is 167 Å². The molecule has 1 aromatic carbocycles. The number of benzene rings is 1. The number of nitrogens with one attached hydrogen (secondary N) is 1. The molecular weight excluding hydrogens is 373 g/mol. The zero-order valence-corrected chi connectivity index (χ0v) is 15.7. The zero-order valence-electron chi connectivity index (χ0n) is 15.7. The molecule has 1 aliphatic heterocycles. The summed E-state index contributed by atoms with van der Waals surface area (Å²) < 4.78 is 14.7. The second kappa shape index (κ2) is 8.22. The lowest BCUT2D eigenvalue weighted by Crippen LogP contribution is -2.32. The molecule has 7 nitrogen and oxygen atoms in total. The smallest absolute Gasteiger partial charge is 0.225 e. The summed E-state index contributed by atoms with van der Waals surface area (Å²) in [7, 11) is 0. The van der Waals surface area contributed by atoms with Crippen molar-refractivity contribution < 1.29 is 14.0 Å². The molecule has 0 radical (unpaired) electrons. The van der Waals surface area contributed by atoms with Crippen molar-refractivity contribution in [3.8, 4) is 5.69 Å². The lowest BCUT2D eigenvalue weighted by atomic mass is 10.1. The average Bonchev–Trinajstić information content (AvgIpc) is 3.35. The zero-order chi connectivity index (χ0) is 20.2. The third-order valence-corrected chi connectivity index (χ3v) is 4.88. The van der Waals surface area contributed by atoms with Gasteiger partial charge in [0.1, 0.15) is 5.82 Å². The Kier molecular flexibility index (Phi) is 5.33. The van der Waals surface area contributed by atoms with Gasteiger partial charge in [-0.05, 0) is 35.9 Å². The normalized spacial score (nSPS) is 16.2. The van der Waals surface area contributed by atoms with Crippen molar-refractivity contribution in [2.75, 3.05) is 6.54 Å². The molecule has 0 saturated carbocycles. The molecule has 1 atom stereocenters. The fourth-order valence-electron chi connectivity index (χ4n) is 3.33. The van der Waals surface area contributed by atoms with Crippen molar-refractivity contribution in [1.29, 1.82) is 0 Å². The third kappa shape index (κ3) is 4.48. The topological polar surface area (TPSA) is 80.1 Å². The van der Waals surface area contributed by atoms with Gasteiger partial charge < -0.3 is 10.2 Å². The van der Waals surface area contributed by atoms with Gasteiger partial charge in [-0.15, -0.1) is 0 Å². The Morgan fingerprint density at radius 1 is 1.17 bits per heavy atom. The Balaban J connectivity index is 1.31. The van der Waals surface area contributed by atoms with Gasteiger partial charge in [0.15, 0.2) is 0 Å². The maximum absolute atomic E-state index is 13.0. The number of pyridine rings is 1. The number of carbonyl (C=O) groups is 2. The fraction of sp³-hybridized carbons (Fsp3) is 0.238. The number of amides is 2. The number of hydrogen-bond donors (Lipinski definition) is 1. The molecule has 3 heterocycles. The summed E-state index contributed by atoms with van der Waals surface area (Å²) in [5.74, 6) is -0.858. The van der Waals surface area contributed by atoms with Gasteiger partial charge >= 0.3 is 0 Å². The van der Waals surface area contributed by atoms with E-state index in [0.717, 1.165) is 16.8 Å². The van der Waals surface area contributed by atoms with Gasteiger partial charge in [-0.2, -0.15) is 5.10 Å². The second-order valence-electron chi connectivity index (χ2n) is 7.02. The maximum atomic E-state index is 13.0. The molecule has 8 heteroatoms. The van der Waals surface area contributed by atoms with Crippen molar-refractivity contribution in [3.05, 3.63) is 78.1 Å². The summed E-state index contributed by atoms with van der Waals surface area (Å²) in [6, 6.07) is 9.73. The number of carbonyl (C=O) groups excluding carboxylic acids is 2. The van der Waals surface area contributed by atoms with Gasteiger partial charge in [-0.1, -0.05) is 6.07 Å². The van der Waals surface area contributed by atoms with Crippen LogP contribution in [0.1, 0.15) is 17.5 Å². The molecule has 29 heavy (non-hydrogen) atoms. The van der Waals surface area contributed by atoms with Crippen LogP contribution in [0.5, 0.6) is 0 Å². The molecule has 0 aliphatic carbocycles. The number of rotatable bonds is 6.